The summed E-state index contributed by atoms with van der Waals surface area (Å²) in [6.07, 6.45) is 2.55. The Kier molecular flexibility index (Phi) is 5.03. The van der Waals surface area contributed by atoms with Crippen molar-refractivity contribution in [2.24, 2.45) is 0 Å². The molecule has 2 aromatic rings. The smallest absolute Gasteiger partial charge is 0.264 e. The van der Waals surface area contributed by atoms with Crippen molar-refractivity contribution in [3.8, 4) is 0 Å². The SMILES string of the molecule is CCc1nnsc1C(=O)NCC1(c2ccccc2)CCOCC1. The molecule has 0 bridgehead atoms. The van der Waals surface area contributed by atoms with Crippen molar-refractivity contribution in [2.75, 3.05) is 19.8 Å². The summed E-state index contributed by atoms with van der Waals surface area (Å²) in [5.74, 6) is -0.0707. The Balaban J connectivity index is 1.76. The Morgan fingerprint density at radius 2 is 2.04 bits per heavy atom. The molecule has 1 N–H and O–H groups in total. The van der Waals surface area contributed by atoms with Crippen LogP contribution < -0.4 is 5.32 Å². The standard InChI is InChI=1S/C17H21N3O2S/c1-2-14-15(23-20-19-14)16(21)18-12-17(8-10-22-11-9-17)13-6-4-3-5-7-13/h3-7H,2,8-12H2,1H3,(H,18,21). The van der Waals surface area contributed by atoms with E-state index in [4.69, 9.17) is 4.74 Å². The number of benzene rings is 1. The van der Waals surface area contributed by atoms with E-state index in [1.54, 1.807) is 0 Å². The van der Waals surface area contributed by atoms with Gasteiger partial charge in [-0.2, -0.15) is 0 Å². The van der Waals surface area contributed by atoms with E-state index in [2.05, 4.69) is 39.2 Å². The van der Waals surface area contributed by atoms with Gasteiger partial charge in [0.25, 0.3) is 5.91 Å². The normalized spacial score (nSPS) is 16.9. The molecule has 2 heterocycles. The predicted octanol–water partition coefficient (Wildman–Crippen LogP) is 2.58. The molecule has 0 radical (unpaired) electrons. The fourth-order valence-electron chi connectivity index (χ4n) is 3.06. The summed E-state index contributed by atoms with van der Waals surface area (Å²) < 4.78 is 9.43. The summed E-state index contributed by atoms with van der Waals surface area (Å²) in [4.78, 5) is 13.1. The van der Waals surface area contributed by atoms with E-state index in [1.165, 1.54) is 17.1 Å². The summed E-state index contributed by atoms with van der Waals surface area (Å²) in [7, 11) is 0. The Bertz CT molecular complexity index is 651. The molecule has 23 heavy (non-hydrogen) atoms. The van der Waals surface area contributed by atoms with Crippen molar-refractivity contribution in [1.29, 1.82) is 0 Å². The van der Waals surface area contributed by atoms with Gasteiger partial charge in [0.1, 0.15) is 4.88 Å². The van der Waals surface area contributed by atoms with E-state index >= 15 is 0 Å². The Labute approximate surface area is 140 Å². The molecule has 1 saturated heterocycles. The number of aromatic nitrogens is 2. The van der Waals surface area contributed by atoms with Crippen LogP contribution in [0.15, 0.2) is 30.3 Å². The van der Waals surface area contributed by atoms with Gasteiger partial charge in [0.05, 0.1) is 5.69 Å². The molecule has 1 amide bonds. The van der Waals surface area contributed by atoms with Crippen LogP contribution in [0.1, 0.15) is 40.7 Å². The fraction of sp³-hybridized carbons (Fsp3) is 0.471. The van der Waals surface area contributed by atoms with Crippen LogP contribution in [0.25, 0.3) is 0 Å². The van der Waals surface area contributed by atoms with Gasteiger partial charge in [-0.1, -0.05) is 41.7 Å². The molecule has 6 heteroatoms. The van der Waals surface area contributed by atoms with Crippen LogP contribution in [-0.4, -0.2) is 35.3 Å². The van der Waals surface area contributed by atoms with Crippen LogP contribution in [-0.2, 0) is 16.6 Å². The van der Waals surface area contributed by atoms with Crippen LogP contribution in [0.4, 0.5) is 0 Å². The van der Waals surface area contributed by atoms with E-state index in [-0.39, 0.29) is 11.3 Å². The number of carbonyl (C=O) groups excluding carboxylic acids is 1. The predicted molar refractivity (Wildman–Crippen MR) is 89.8 cm³/mol. The zero-order valence-electron chi connectivity index (χ0n) is 13.2. The maximum Gasteiger partial charge on any atom is 0.264 e. The number of aryl methyl sites for hydroxylation is 1. The molecule has 1 aromatic carbocycles. The topological polar surface area (TPSA) is 64.1 Å². The summed E-state index contributed by atoms with van der Waals surface area (Å²) in [6, 6.07) is 10.4. The average molecular weight is 331 g/mol. The van der Waals surface area contributed by atoms with Crippen molar-refractivity contribution < 1.29 is 9.53 Å². The monoisotopic (exact) mass is 331 g/mol. The van der Waals surface area contributed by atoms with Gasteiger partial charge < -0.3 is 10.1 Å². The summed E-state index contributed by atoms with van der Waals surface area (Å²) in [5.41, 5.74) is 1.98. The van der Waals surface area contributed by atoms with Crippen molar-refractivity contribution in [2.45, 2.75) is 31.6 Å². The molecule has 0 saturated carbocycles. The highest BCUT2D eigenvalue weighted by atomic mass is 32.1. The Morgan fingerprint density at radius 3 is 2.74 bits per heavy atom. The third kappa shape index (κ3) is 3.43. The largest absolute Gasteiger partial charge is 0.381 e. The molecule has 1 aliphatic heterocycles. The molecule has 3 rings (SSSR count). The van der Waals surface area contributed by atoms with Gasteiger partial charge >= 0.3 is 0 Å². The molecule has 1 aromatic heterocycles. The van der Waals surface area contributed by atoms with Gasteiger partial charge in [0, 0.05) is 25.2 Å². The maximum atomic E-state index is 12.5. The van der Waals surface area contributed by atoms with Crippen molar-refractivity contribution in [3.63, 3.8) is 0 Å². The Morgan fingerprint density at radius 1 is 1.30 bits per heavy atom. The number of nitrogens with zero attached hydrogens (tertiary/aromatic N) is 2. The first-order valence-electron chi connectivity index (χ1n) is 7.98. The number of nitrogens with one attached hydrogen (secondary N) is 1. The molecular weight excluding hydrogens is 310 g/mol. The lowest BCUT2D eigenvalue weighted by atomic mass is 9.74. The summed E-state index contributed by atoms with van der Waals surface area (Å²) in [6.45, 7) is 4.05. The molecule has 1 fully saturated rings. The Hall–Kier alpha value is -1.79. The second kappa shape index (κ2) is 7.19. The summed E-state index contributed by atoms with van der Waals surface area (Å²) >= 11 is 1.17. The fourth-order valence-corrected chi connectivity index (χ4v) is 3.73. The minimum Gasteiger partial charge on any atom is -0.381 e. The molecule has 0 spiro atoms. The molecule has 0 unspecified atom stereocenters. The van der Waals surface area contributed by atoms with Crippen LogP contribution in [0, 0.1) is 0 Å². The van der Waals surface area contributed by atoms with E-state index < -0.39 is 0 Å². The second-order valence-electron chi connectivity index (χ2n) is 5.84. The average Bonchev–Trinajstić information content (AvgIpc) is 3.10. The zero-order valence-corrected chi connectivity index (χ0v) is 14.1. The maximum absolute atomic E-state index is 12.5. The first-order valence-corrected chi connectivity index (χ1v) is 8.75. The lowest BCUT2D eigenvalue weighted by molar-refractivity contribution is 0.0487. The third-order valence-corrected chi connectivity index (χ3v) is 5.29. The van der Waals surface area contributed by atoms with Gasteiger partial charge in [0.15, 0.2) is 0 Å². The number of rotatable bonds is 5. The number of carbonyl (C=O) groups is 1. The number of hydrogen-bond donors (Lipinski definition) is 1. The van der Waals surface area contributed by atoms with E-state index in [1.807, 2.05) is 13.0 Å². The molecule has 122 valence electrons. The number of amides is 1. The minimum absolute atomic E-state index is 0.0559. The van der Waals surface area contributed by atoms with Crippen LogP contribution >= 0.6 is 11.5 Å². The molecule has 1 aliphatic rings. The lowest BCUT2D eigenvalue weighted by Crippen LogP contribution is -2.44. The van der Waals surface area contributed by atoms with Crippen molar-refractivity contribution in [3.05, 3.63) is 46.5 Å². The lowest BCUT2D eigenvalue weighted by Gasteiger charge is -2.37. The number of hydrogen-bond acceptors (Lipinski definition) is 5. The highest BCUT2D eigenvalue weighted by Gasteiger charge is 2.35. The van der Waals surface area contributed by atoms with Gasteiger partial charge in [-0.25, -0.2) is 0 Å². The van der Waals surface area contributed by atoms with Gasteiger partial charge in [-0.3, -0.25) is 4.79 Å². The van der Waals surface area contributed by atoms with Crippen molar-refractivity contribution >= 4 is 17.4 Å². The molecule has 0 atom stereocenters. The quantitative estimate of drug-likeness (QED) is 0.914. The first-order chi connectivity index (χ1) is 11.2. The number of ether oxygens (including phenoxy) is 1. The highest BCUT2D eigenvalue weighted by molar-refractivity contribution is 7.08. The third-order valence-electron chi connectivity index (χ3n) is 4.52. The molecular formula is C17H21N3O2S. The van der Waals surface area contributed by atoms with Gasteiger partial charge in [0.2, 0.25) is 0 Å². The van der Waals surface area contributed by atoms with E-state index in [0.29, 0.717) is 11.4 Å². The summed E-state index contributed by atoms with van der Waals surface area (Å²) in [5, 5.41) is 7.12. The van der Waals surface area contributed by atoms with Gasteiger partial charge in [-0.05, 0) is 36.4 Å². The first kappa shape index (κ1) is 16.1. The molecule has 5 nitrogen and oxygen atoms in total. The van der Waals surface area contributed by atoms with Crippen LogP contribution in [0.2, 0.25) is 0 Å². The van der Waals surface area contributed by atoms with Crippen molar-refractivity contribution in [1.82, 2.24) is 14.9 Å². The molecule has 0 aliphatic carbocycles. The van der Waals surface area contributed by atoms with Crippen LogP contribution in [0.5, 0.6) is 0 Å². The van der Waals surface area contributed by atoms with Gasteiger partial charge in [-0.15, -0.1) is 5.10 Å². The minimum atomic E-state index is -0.0707. The zero-order chi connectivity index (χ0) is 16.1. The van der Waals surface area contributed by atoms with E-state index in [0.717, 1.165) is 38.2 Å². The van der Waals surface area contributed by atoms with Crippen LogP contribution in [0.3, 0.4) is 0 Å². The highest BCUT2D eigenvalue weighted by Crippen LogP contribution is 2.34. The van der Waals surface area contributed by atoms with E-state index in [9.17, 15) is 4.79 Å². The second-order valence-corrected chi connectivity index (χ2v) is 6.60.